The van der Waals surface area contributed by atoms with Crippen LogP contribution in [0.1, 0.15) is 74.7 Å². The summed E-state index contributed by atoms with van der Waals surface area (Å²) in [7, 11) is 1.37. The molecule has 0 spiro atoms. The highest BCUT2D eigenvalue weighted by Gasteiger charge is 2.52. The monoisotopic (exact) mass is 848 g/mol. The van der Waals surface area contributed by atoms with E-state index in [4.69, 9.17) is 18.9 Å². The summed E-state index contributed by atoms with van der Waals surface area (Å²) in [5.41, 5.74) is 1.06. The molecule has 6 aromatic rings. The number of phenolic OH excluding ortho intramolecular Hbond substituents is 9. The summed E-state index contributed by atoms with van der Waals surface area (Å²) >= 11 is 0. The van der Waals surface area contributed by atoms with Crippen molar-refractivity contribution < 1.29 is 80.2 Å². The third-order valence-corrected chi connectivity index (χ3v) is 11.8. The molecule has 16 heteroatoms. The zero-order chi connectivity index (χ0) is 43.9. The van der Waals surface area contributed by atoms with Crippen LogP contribution in [0.25, 0.3) is 0 Å². The second-order valence-corrected chi connectivity index (χ2v) is 15.5. The molecule has 0 aromatic heterocycles. The number of methoxy groups -OCH3 is 1. The number of benzene rings is 6. The van der Waals surface area contributed by atoms with Crippen LogP contribution in [-0.4, -0.2) is 86.7 Å². The molecule has 62 heavy (non-hydrogen) atoms. The van der Waals surface area contributed by atoms with Crippen LogP contribution < -0.4 is 18.9 Å². The van der Waals surface area contributed by atoms with Crippen LogP contribution in [-0.2, 0) is 6.42 Å². The average molecular weight is 849 g/mol. The summed E-state index contributed by atoms with van der Waals surface area (Å²) in [6, 6.07) is 19.4. The molecule has 8 atom stereocenters. The van der Waals surface area contributed by atoms with Gasteiger partial charge in [0.2, 0.25) is 0 Å². The first-order chi connectivity index (χ1) is 29.6. The molecule has 0 fully saturated rings. The van der Waals surface area contributed by atoms with Gasteiger partial charge in [0.1, 0.15) is 58.6 Å². The number of fused-ring (bicyclic) bond motifs is 6. The zero-order valence-corrected chi connectivity index (χ0v) is 32.5. The van der Waals surface area contributed by atoms with Crippen molar-refractivity contribution in [2.45, 2.75) is 54.9 Å². The Kier molecular flexibility index (Phi) is 9.65. The van der Waals surface area contributed by atoms with E-state index >= 15 is 0 Å². The molecule has 3 aliphatic heterocycles. The number of hydrogen-bond donors (Lipinski definition) is 12. The van der Waals surface area contributed by atoms with Crippen molar-refractivity contribution in [2.24, 2.45) is 0 Å². The van der Waals surface area contributed by atoms with Crippen molar-refractivity contribution in [3.8, 4) is 74.7 Å². The average Bonchev–Trinajstić information content (AvgIpc) is 3.23. The van der Waals surface area contributed by atoms with Crippen molar-refractivity contribution in [1.82, 2.24) is 0 Å². The summed E-state index contributed by atoms with van der Waals surface area (Å²) in [5, 5.41) is 133. The van der Waals surface area contributed by atoms with Gasteiger partial charge in [-0.1, -0.05) is 30.3 Å². The first-order valence-corrected chi connectivity index (χ1v) is 19.4. The van der Waals surface area contributed by atoms with Gasteiger partial charge in [-0.2, -0.15) is 0 Å². The number of aromatic hydroxyl groups is 9. The number of aliphatic hydroxyl groups excluding tert-OH is 3. The molecule has 0 saturated heterocycles. The van der Waals surface area contributed by atoms with E-state index in [1.54, 1.807) is 6.07 Å². The predicted octanol–water partition coefficient (Wildman–Crippen LogP) is 5.34. The fraction of sp³-hybridized carbons (Fsp3) is 0.217. The number of hydrogen-bond acceptors (Lipinski definition) is 16. The molecule has 0 amide bonds. The highest BCUT2D eigenvalue weighted by atomic mass is 16.5. The highest BCUT2D eigenvalue weighted by molar-refractivity contribution is 5.72. The summed E-state index contributed by atoms with van der Waals surface area (Å²) in [6.45, 7) is 0. The van der Waals surface area contributed by atoms with Crippen LogP contribution in [0.3, 0.4) is 0 Å². The summed E-state index contributed by atoms with van der Waals surface area (Å²) < 4.78 is 25.5. The topological polar surface area (TPSA) is 280 Å². The number of phenols is 9. The number of aliphatic hydroxyl groups is 3. The lowest BCUT2D eigenvalue weighted by Crippen LogP contribution is -2.41. The lowest BCUT2D eigenvalue weighted by atomic mass is 9.72. The van der Waals surface area contributed by atoms with Gasteiger partial charge in [0.05, 0.1) is 13.2 Å². The molecule has 8 unspecified atom stereocenters. The Bertz CT molecular complexity index is 2750. The van der Waals surface area contributed by atoms with Crippen LogP contribution in [0.2, 0.25) is 0 Å². The number of rotatable bonds is 6. The van der Waals surface area contributed by atoms with Gasteiger partial charge >= 0.3 is 0 Å². The van der Waals surface area contributed by atoms with E-state index in [0.29, 0.717) is 5.56 Å². The lowest BCUT2D eigenvalue weighted by molar-refractivity contribution is -0.0171. The van der Waals surface area contributed by atoms with E-state index < -0.39 is 83.0 Å². The second-order valence-electron chi connectivity index (χ2n) is 15.5. The summed E-state index contributed by atoms with van der Waals surface area (Å²) in [5.74, 6) is -6.42. The van der Waals surface area contributed by atoms with Crippen molar-refractivity contribution in [2.75, 3.05) is 7.11 Å². The third kappa shape index (κ3) is 6.43. The van der Waals surface area contributed by atoms with Crippen LogP contribution >= 0.6 is 0 Å². The normalized spacial score (nSPS) is 23.7. The standard InChI is InChI=1S/C46H40O16/c1-59-34-11-4-18(14-32(34)55)41-33(56)17-25-44(60-41)37-35(23-7-5-21(47)15-28(23)51)40(58)43(20-3-10-27(50)31(54)13-20)62-46(37)38-36(24-8-6-22(48)16-29(24)52)39(57)42(61-45(25)38)19-2-9-26(49)30(53)12-19/h2-16,33,35-36,39-43,47-58H,17H2,1H3. The minimum Gasteiger partial charge on any atom is -0.508 e. The van der Waals surface area contributed by atoms with Crippen molar-refractivity contribution in [3.63, 3.8) is 0 Å². The molecule has 0 saturated carbocycles. The molecule has 6 aromatic carbocycles. The molecule has 0 radical (unpaired) electrons. The minimum atomic E-state index is -1.65. The van der Waals surface area contributed by atoms with Gasteiger partial charge in [-0.25, -0.2) is 0 Å². The Balaban J connectivity index is 1.38. The Morgan fingerprint density at radius 1 is 0.452 bits per heavy atom. The van der Waals surface area contributed by atoms with Crippen LogP contribution in [0.15, 0.2) is 91.0 Å². The van der Waals surface area contributed by atoms with E-state index in [9.17, 15) is 61.3 Å². The first kappa shape index (κ1) is 40.0. The van der Waals surface area contributed by atoms with Gasteiger partial charge in [0.15, 0.2) is 46.7 Å². The van der Waals surface area contributed by atoms with Crippen molar-refractivity contribution in [3.05, 3.63) is 136 Å². The van der Waals surface area contributed by atoms with E-state index in [0.717, 1.165) is 12.1 Å². The summed E-state index contributed by atoms with van der Waals surface area (Å²) in [4.78, 5) is 0. The van der Waals surface area contributed by atoms with E-state index in [1.807, 2.05) is 0 Å². The molecule has 12 N–H and O–H groups in total. The fourth-order valence-corrected chi connectivity index (χ4v) is 8.94. The van der Waals surface area contributed by atoms with Gasteiger partial charge in [0.25, 0.3) is 0 Å². The molecular formula is C46H40O16. The first-order valence-electron chi connectivity index (χ1n) is 19.4. The lowest BCUT2D eigenvalue weighted by Gasteiger charge is -2.46. The maximum absolute atomic E-state index is 12.5. The van der Waals surface area contributed by atoms with Crippen molar-refractivity contribution >= 4 is 0 Å². The van der Waals surface area contributed by atoms with Gasteiger partial charge in [-0.15, -0.1) is 0 Å². The maximum Gasteiger partial charge on any atom is 0.160 e. The van der Waals surface area contributed by atoms with E-state index in [-0.39, 0.29) is 85.6 Å². The minimum absolute atomic E-state index is 0.00902. The second kappa shape index (κ2) is 14.9. The third-order valence-electron chi connectivity index (χ3n) is 11.8. The maximum atomic E-state index is 12.5. The van der Waals surface area contributed by atoms with Gasteiger partial charge < -0.3 is 80.2 Å². The van der Waals surface area contributed by atoms with E-state index in [1.165, 1.54) is 79.9 Å². The Morgan fingerprint density at radius 3 is 1.34 bits per heavy atom. The van der Waals surface area contributed by atoms with Gasteiger partial charge in [-0.05, 0) is 65.2 Å². The van der Waals surface area contributed by atoms with Crippen LogP contribution in [0, 0.1) is 0 Å². The van der Waals surface area contributed by atoms with Gasteiger partial charge in [0, 0.05) is 58.2 Å². The largest absolute Gasteiger partial charge is 0.508 e. The summed E-state index contributed by atoms with van der Waals surface area (Å²) in [6.07, 6.45) is -8.87. The Morgan fingerprint density at radius 2 is 0.887 bits per heavy atom. The van der Waals surface area contributed by atoms with Gasteiger partial charge in [-0.3, -0.25) is 0 Å². The predicted molar refractivity (Wildman–Crippen MR) is 216 cm³/mol. The Labute approximate surface area is 351 Å². The molecule has 3 heterocycles. The molecule has 0 bridgehead atoms. The Hall–Kier alpha value is -7.40. The molecule has 0 aliphatic carbocycles. The molecule has 320 valence electrons. The SMILES string of the molecule is COc1ccc(C2Oc3c(c4c(c5c3C(c3ccc(O)cc3O)C(O)C(c3ccc(O)c(O)c3)O5)C(c3ccc(O)cc3O)C(O)C(c3ccc(O)c(O)c3)O4)CC2O)cc1O. The molecule has 9 rings (SSSR count). The molecule has 16 nitrogen and oxygen atoms in total. The molecular weight excluding hydrogens is 808 g/mol. The van der Waals surface area contributed by atoms with E-state index in [2.05, 4.69) is 0 Å². The fourth-order valence-electron chi connectivity index (χ4n) is 8.94. The quantitative estimate of drug-likeness (QED) is 0.0943. The highest BCUT2D eigenvalue weighted by Crippen LogP contribution is 2.63. The van der Waals surface area contributed by atoms with Crippen molar-refractivity contribution in [1.29, 1.82) is 0 Å². The number of ether oxygens (including phenoxy) is 4. The zero-order valence-electron chi connectivity index (χ0n) is 32.5. The van der Waals surface area contributed by atoms with Crippen LogP contribution in [0.4, 0.5) is 0 Å². The molecule has 3 aliphatic rings. The smallest absolute Gasteiger partial charge is 0.160 e. The van der Waals surface area contributed by atoms with Crippen LogP contribution in [0.5, 0.6) is 74.7 Å².